The predicted molar refractivity (Wildman–Crippen MR) is 103 cm³/mol. The predicted octanol–water partition coefficient (Wildman–Crippen LogP) is 2.70. The smallest absolute Gasteiger partial charge is 0.226 e. The summed E-state index contributed by atoms with van der Waals surface area (Å²) in [4.78, 5) is 18.1. The molecule has 1 aliphatic heterocycles. The lowest BCUT2D eigenvalue weighted by molar-refractivity contribution is -0.119. The maximum Gasteiger partial charge on any atom is 0.226 e. The molecule has 2 heterocycles. The Kier molecular flexibility index (Phi) is 6.30. The number of nitrogens with one attached hydrogen (secondary N) is 2. The molecule has 6 heteroatoms. The molecular formula is C20H26N4O2. The molecule has 1 aromatic heterocycles. The highest BCUT2D eigenvalue weighted by Gasteiger charge is 2.19. The van der Waals surface area contributed by atoms with E-state index in [1.54, 1.807) is 13.3 Å². The number of rotatable bonds is 6. The molecule has 1 saturated heterocycles. The van der Waals surface area contributed by atoms with Gasteiger partial charge in [0.05, 0.1) is 6.26 Å². The standard InChI is InChI=1S/C20H26N4O2/c1-21-20(22-12-11-18-5-4-14-26-18)23-15-16-7-9-17(10-8-16)24-13-3-2-6-19(24)25/h4-5,7-10,14H,2-3,6,11-13,15H2,1H3,(H2,21,22,23). The minimum absolute atomic E-state index is 0.225. The van der Waals surface area contributed by atoms with Crippen molar-refractivity contribution >= 4 is 17.6 Å². The van der Waals surface area contributed by atoms with Crippen LogP contribution in [0.4, 0.5) is 5.69 Å². The minimum Gasteiger partial charge on any atom is -0.469 e. The van der Waals surface area contributed by atoms with Crippen LogP contribution in [0.3, 0.4) is 0 Å². The highest BCUT2D eigenvalue weighted by molar-refractivity contribution is 5.93. The summed E-state index contributed by atoms with van der Waals surface area (Å²) in [5, 5.41) is 6.57. The van der Waals surface area contributed by atoms with Crippen molar-refractivity contribution in [2.24, 2.45) is 4.99 Å². The van der Waals surface area contributed by atoms with Crippen LogP contribution in [0.15, 0.2) is 52.1 Å². The van der Waals surface area contributed by atoms with E-state index in [-0.39, 0.29) is 5.91 Å². The van der Waals surface area contributed by atoms with E-state index in [0.29, 0.717) is 13.0 Å². The van der Waals surface area contributed by atoms with Gasteiger partial charge in [-0.2, -0.15) is 0 Å². The summed E-state index contributed by atoms with van der Waals surface area (Å²) < 4.78 is 5.32. The molecule has 1 amide bonds. The molecule has 0 unspecified atom stereocenters. The van der Waals surface area contributed by atoms with Crippen LogP contribution in [-0.2, 0) is 17.8 Å². The number of anilines is 1. The van der Waals surface area contributed by atoms with Gasteiger partial charge in [-0.1, -0.05) is 12.1 Å². The Bertz CT molecular complexity index is 723. The average Bonchev–Trinajstić information content (AvgIpc) is 3.19. The zero-order chi connectivity index (χ0) is 18.2. The molecule has 0 spiro atoms. The molecule has 26 heavy (non-hydrogen) atoms. The first-order valence-corrected chi connectivity index (χ1v) is 9.12. The fraction of sp³-hybridized carbons (Fsp3) is 0.400. The number of nitrogens with zero attached hydrogens (tertiary/aromatic N) is 2. The van der Waals surface area contributed by atoms with Crippen molar-refractivity contribution in [1.29, 1.82) is 0 Å². The highest BCUT2D eigenvalue weighted by atomic mass is 16.3. The van der Waals surface area contributed by atoms with Gasteiger partial charge in [-0.15, -0.1) is 0 Å². The summed E-state index contributed by atoms with van der Waals surface area (Å²) in [6, 6.07) is 12.0. The topological polar surface area (TPSA) is 69.9 Å². The molecule has 0 saturated carbocycles. The molecule has 138 valence electrons. The molecule has 2 N–H and O–H groups in total. The van der Waals surface area contributed by atoms with Crippen LogP contribution in [0.2, 0.25) is 0 Å². The largest absolute Gasteiger partial charge is 0.469 e. The summed E-state index contributed by atoms with van der Waals surface area (Å²) in [7, 11) is 1.76. The zero-order valence-electron chi connectivity index (χ0n) is 15.2. The van der Waals surface area contributed by atoms with Gasteiger partial charge in [-0.25, -0.2) is 0 Å². The first kappa shape index (κ1) is 18.0. The molecule has 3 rings (SSSR count). The summed E-state index contributed by atoms with van der Waals surface area (Å²) in [5.74, 6) is 1.94. The van der Waals surface area contributed by atoms with E-state index in [1.807, 2.05) is 29.2 Å². The monoisotopic (exact) mass is 354 g/mol. The van der Waals surface area contributed by atoms with Crippen LogP contribution in [0.1, 0.15) is 30.6 Å². The molecule has 0 radical (unpaired) electrons. The number of aliphatic imine (C=N–C) groups is 1. The Balaban J connectivity index is 1.46. The number of piperidine rings is 1. The normalized spacial score (nSPS) is 15.2. The van der Waals surface area contributed by atoms with E-state index < -0.39 is 0 Å². The van der Waals surface area contributed by atoms with E-state index >= 15 is 0 Å². The van der Waals surface area contributed by atoms with Gasteiger partial charge in [0.15, 0.2) is 5.96 Å². The van der Waals surface area contributed by atoms with Crippen LogP contribution >= 0.6 is 0 Å². The number of hydrogen-bond donors (Lipinski definition) is 2. The van der Waals surface area contributed by atoms with Gasteiger partial charge in [0.25, 0.3) is 0 Å². The Morgan fingerprint density at radius 3 is 2.73 bits per heavy atom. The number of amides is 1. The third-order valence-electron chi connectivity index (χ3n) is 4.50. The number of furan rings is 1. The van der Waals surface area contributed by atoms with Crippen molar-refractivity contribution in [2.75, 3.05) is 25.0 Å². The van der Waals surface area contributed by atoms with E-state index in [4.69, 9.17) is 4.42 Å². The van der Waals surface area contributed by atoms with Gasteiger partial charge in [0, 0.05) is 45.2 Å². The fourth-order valence-electron chi connectivity index (χ4n) is 3.04. The lowest BCUT2D eigenvalue weighted by Gasteiger charge is -2.26. The van der Waals surface area contributed by atoms with Gasteiger partial charge < -0.3 is 20.0 Å². The van der Waals surface area contributed by atoms with Crippen molar-refractivity contribution < 1.29 is 9.21 Å². The van der Waals surface area contributed by atoms with Crippen LogP contribution in [0, 0.1) is 0 Å². The van der Waals surface area contributed by atoms with Crippen LogP contribution < -0.4 is 15.5 Å². The van der Waals surface area contributed by atoms with Crippen LogP contribution in [0.25, 0.3) is 0 Å². The molecule has 2 aromatic rings. The van der Waals surface area contributed by atoms with Crippen molar-refractivity contribution in [2.45, 2.75) is 32.2 Å². The Labute approximate surface area is 154 Å². The zero-order valence-corrected chi connectivity index (χ0v) is 15.2. The molecule has 0 aliphatic carbocycles. The molecule has 1 aromatic carbocycles. The molecular weight excluding hydrogens is 328 g/mol. The summed E-state index contributed by atoms with van der Waals surface area (Å²) in [6.07, 6.45) is 5.23. The fourth-order valence-corrected chi connectivity index (χ4v) is 3.04. The van der Waals surface area contributed by atoms with Crippen molar-refractivity contribution in [3.63, 3.8) is 0 Å². The summed E-state index contributed by atoms with van der Waals surface area (Å²) >= 11 is 0. The van der Waals surface area contributed by atoms with Crippen molar-refractivity contribution in [3.05, 3.63) is 54.0 Å². The number of carbonyl (C=O) groups is 1. The Morgan fingerprint density at radius 1 is 1.19 bits per heavy atom. The molecule has 0 atom stereocenters. The van der Waals surface area contributed by atoms with E-state index in [0.717, 1.165) is 55.3 Å². The third-order valence-corrected chi connectivity index (χ3v) is 4.50. The molecule has 1 aliphatic rings. The second kappa shape index (κ2) is 9.08. The maximum absolute atomic E-state index is 12.0. The maximum atomic E-state index is 12.0. The number of hydrogen-bond acceptors (Lipinski definition) is 3. The van der Waals surface area contributed by atoms with Gasteiger partial charge in [-0.3, -0.25) is 9.79 Å². The third kappa shape index (κ3) is 4.88. The summed E-state index contributed by atoms with van der Waals surface area (Å²) in [5.41, 5.74) is 2.13. The first-order valence-electron chi connectivity index (χ1n) is 9.12. The second-order valence-corrected chi connectivity index (χ2v) is 6.35. The molecule has 0 bridgehead atoms. The lowest BCUT2D eigenvalue weighted by atomic mass is 10.1. The number of benzene rings is 1. The number of guanidine groups is 1. The van der Waals surface area contributed by atoms with Crippen molar-refractivity contribution in [1.82, 2.24) is 10.6 Å². The molecule has 1 fully saturated rings. The Hall–Kier alpha value is -2.76. The van der Waals surface area contributed by atoms with E-state index in [2.05, 4.69) is 27.8 Å². The van der Waals surface area contributed by atoms with Gasteiger partial charge in [0.1, 0.15) is 5.76 Å². The highest BCUT2D eigenvalue weighted by Crippen LogP contribution is 2.21. The molecule has 6 nitrogen and oxygen atoms in total. The minimum atomic E-state index is 0.225. The van der Waals surface area contributed by atoms with Crippen LogP contribution in [-0.4, -0.2) is 32.0 Å². The Morgan fingerprint density at radius 2 is 2.04 bits per heavy atom. The van der Waals surface area contributed by atoms with Crippen molar-refractivity contribution in [3.8, 4) is 0 Å². The van der Waals surface area contributed by atoms with Gasteiger partial charge in [0.2, 0.25) is 5.91 Å². The average molecular weight is 354 g/mol. The quantitative estimate of drug-likeness (QED) is 0.618. The van der Waals surface area contributed by atoms with E-state index in [1.165, 1.54) is 0 Å². The first-order chi connectivity index (χ1) is 12.8. The van der Waals surface area contributed by atoms with E-state index in [9.17, 15) is 4.79 Å². The SMILES string of the molecule is CN=C(NCCc1ccco1)NCc1ccc(N2CCCCC2=O)cc1. The van der Waals surface area contributed by atoms with Gasteiger partial charge >= 0.3 is 0 Å². The van der Waals surface area contributed by atoms with Gasteiger partial charge in [-0.05, 0) is 42.7 Å². The second-order valence-electron chi connectivity index (χ2n) is 6.35. The number of carbonyl (C=O) groups excluding carboxylic acids is 1. The lowest BCUT2D eigenvalue weighted by Crippen LogP contribution is -2.37. The van der Waals surface area contributed by atoms with Crippen LogP contribution in [0.5, 0.6) is 0 Å². The summed E-state index contributed by atoms with van der Waals surface area (Å²) in [6.45, 7) is 2.25.